The second-order valence-corrected chi connectivity index (χ2v) is 19.2. The lowest BCUT2D eigenvalue weighted by Gasteiger charge is -2.33. The lowest BCUT2D eigenvalue weighted by molar-refractivity contribution is -0.139. The Bertz CT molecular complexity index is 2420. The first-order valence-electron chi connectivity index (χ1n) is 25.5. The Hall–Kier alpha value is -6.75. The van der Waals surface area contributed by atoms with E-state index >= 15 is 0 Å². The Morgan fingerprint density at radius 3 is 2.03 bits per heavy atom. The second kappa shape index (κ2) is 29.4. The number of aromatic nitrogens is 2. The molecule has 1 aromatic carbocycles. The molecular formula is C51H70FN13O10. The molecule has 75 heavy (non-hydrogen) atoms. The van der Waals surface area contributed by atoms with Crippen molar-refractivity contribution in [3.05, 3.63) is 65.9 Å². The highest BCUT2D eigenvalue weighted by molar-refractivity contribution is 6.07. The minimum atomic E-state index is -0.948. The molecule has 4 saturated heterocycles. The predicted octanol–water partition coefficient (Wildman–Crippen LogP) is -0.602. The van der Waals surface area contributed by atoms with Gasteiger partial charge in [0.15, 0.2) is 0 Å². The summed E-state index contributed by atoms with van der Waals surface area (Å²) < 4.78 is 18.5. The van der Waals surface area contributed by atoms with Gasteiger partial charge in [-0.15, -0.1) is 0 Å². The molecule has 4 amide bonds. The van der Waals surface area contributed by atoms with E-state index in [4.69, 9.17) is 4.74 Å². The van der Waals surface area contributed by atoms with Gasteiger partial charge < -0.3 is 50.4 Å². The number of pyridine rings is 2. The summed E-state index contributed by atoms with van der Waals surface area (Å²) in [6, 6.07) is 11.3. The molecule has 3 aromatic rings. The van der Waals surface area contributed by atoms with Crippen molar-refractivity contribution >= 4 is 52.8 Å². The van der Waals surface area contributed by atoms with Crippen molar-refractivity contribution < 1.29 is 52.9 Å². The average molecular weight is 1040 g/mol. The third-order valence-corrected chi connectivity index (χ3v) is 13.9. The fourth-order valence-electron chi connectivity index (χ4n) is 9.85. The Kier molecular flexibility index (Phi) is 22.5. The zero-order valence-electron chi connectivity index (χ0n) is 42.6. The van der Waals surface area contributed by atoms with Crippen LogP contribution in [0.4, 0.5) is 4.39 Å². The summed E-state index contributed by atoms with van der Waals surface area (Å²) in [4.78, 5) is 107. The van der Waals surface area contributed by atoms with Crippen LogP contribution in [-0.4, -0.2) is 253 Å². The molecule has 406 valence electrons. The number of carboxylic acids is 2. The molecule has 0 aliphatic carbocycles. The predicted molar refractivity (Wildman–Crippen MR) is 272 cm³/mol. The van der Waals surface area contributed by atoms with E-state index in [0.717, 1.165) is 44.8 Å². The third-order valence-electron chi connectivity index (χ3n) is 13.9. The molecule has 4 aliphatic heterocycles. The summed E-state index contributed by atoms with van der Waals surface area (Å²) >= 11 is 0. The number of nitrogens with zero attached hydrogens (tertiary/aromatic N) is 10. The number of likely N-dealkylation sites (tertiary alicyclic amines) is 3. The van der Waals surface area contributed by atoms with Crippen LogP contribution in [-0.2, 0) is 24.0 Å². The Morgan fingerprint density at radius 1 is 0.773 bits per heavy atom. The van der Waals surface area contributed by atoms with Gasteiger partial charge >= 0.3 is 11.9 Å². The lowest BCUT2D eigenvalue weighted by Crippen LogP contribution is -2.49. The van der Waals surface area contributed by atoms with Crippen molar-refractivity contribution in [2.24, 2.45) is 11.8 Å². The fraction of sp³-hybridized carbons (Fsp3) is 0.569. The maximum absolute atomic E-state index is 13.7. The number of carbonyl (C=O) groups is 7. The number of halogens is 1. The minimum absolute atomic E-state index is 0.0173. The van der Waals surface area contributed by atoms with Crippen molar-refractivity contribution in [2.45, 2.75) is 25.3 Å². The van der Waals surface area contributed by atoms with Crippen LogP contribution in [0.25, 0.3) is 10.9 Å². The van der Waals surface area contributed by atoms with Gasteiger partial charge in [-0.25, -0.2) is 4.98 Å². The van der Waals surface area contributed by atoms with Crippen molar-refractivity contribution in [3.8, 4) is 11.8 Å². The molecule has 0 saturated carbocycles. The molecule has 0 radical (unpaired) electrons. The van der Waals surface area contributed by atoms with Gasteiger partial charge in [-0.3, -0.25) is 53.4 Å². The Balaban J connectivity index is 0.000000565. The number of nitrogens with one attached hydrogen (secondary N) is 3. The molecule has 5 N–H and O–H groups in total. The van der Waals surface area contributed by atoms with E-state index in [1.807, 2.05) is 30.6 Å². The van der Waals surface area contributed by atoms with Crippen molar-refractivity contribution in [1.29, 1.82) is 5.26 Å². The van der Waals surface area contributed by atoms with Gasteiger partial charge in [0.25, 0.3) is 11.8 Å². The van der Waals surface area contributed by atoms with Crippen LogP contribution < -0.4 is 20.7 Å². The Labute approximate surface area is 435 Å². The number of aliphatic carboxylic acids is 2. The lowest BCUT2D eigenvalue weighted by atomic mass is 10.0. The van der Waals surface area contributed by atoms with Gasteiger partial charge in [-0.05, 0) is 74.5 Å². The molecule has 7 rings (SSSR count). The van der Waals surface area contributed by atoms with E-state index in [1.54, 1.807) is 31.4 Å². The number of rotatable bonds is 20. The number of carboxylic acid groups (broad SMARTS) is 2. The van der Waals surface area contributed by atoms with Gasteiger partial charge in [0, 0.05) is 122 Å². The molecule has 23 nitrogen and oxygen atoms in total. The number of hydrogen-bond donors (Lipinski definition) is 5. The van der Waals surface area contributed by atoms with Gasteiger partial charge in [0.05, 0.1) is 62.0 Å². The van der Waals surface area contributed by atoms with Crippen molar-refractivity contribution in [3.63, 3.8) is 0 Å². The summed E-state index contributed by atoms with van der Waals surface area (Å²) in [5.74, 6) is -2.07. The van der Waals surface area contributed by atoms with Crippen LogP contribution in [0.2, 0.25) is 0 Å². The first-order chi connectivity index (χ1) is 36.2. The van der Waals surface area contributed by atoms with Gasteiger partial charge in [0.2, 0.25) is 17.8 Å². The van der Waals surface area contributed by atoms with E-state index in [9.17, 15) is 53.4 Å². The number of benzene rings is 1. The summed E-state index contributed by atoms with van der Waals surface area (Å²) in [5, 5.41) is 37.2. The highest BCUT2D eigenvalue weighted by atomic mass is 19.1. The van der Waals surface area contributed by atoms with Crippen LogP contribution in [0.3, 0.4) is 0 Å². The third kappa shape index (κ3) is 18.0. The van der Waals surface area contributed by atoms with E-state index in [-0.39, 0.29) is 50.4 Å². The summed E-state index contributed by atoms with van der Waals surface area (Å²) in [7, 11) is 1.80. The van der Waals surface area contributed by atoms with Crippen LogP contribution in [0, 0.1) is 29.1 Å². The number of fused-ring (bicyclic) bond motifs is 2. The smallest absolute Gasteiger partial charge is 0.317 e. The van der Waals surface area contributed by atoms with E-state index < -0.39 is 29.8 Å². The molecular weight excluding hydrogens is 974 g/mol. The number of likely N-dealkylation sites (N-methyl/N-ethyl adjacent to an activating group) is 1. The standard InChI is InChI=1S/C42H58N10O9.C9H12FN3O/c43-22-33-3-1-9-52(33)38(54)23-45-42(60)35-6-7-44-37-5-4-34(21-36(35)37)61-20-2-8-50-24-31-26-51(27-32(31)25-50)39(55)28-47-14-16-48(29-40(56)57)12-10-46(18-19-53)11-13-49(17-15-47)30-41(58)59;1-11-4-5-12-9(14)7-2-3-8(10)13-6-7/h4-7,19,21,31-33H,1-3,8-18,20,23-30H2,(H,45,60)(H,56,57)(H,58,59);2-3,6,11H,4-5H2,1H3,(H,12,14). The molecule has 24 heteroatoms. The second-order valence-electron chi connectivity index (χ2n) is 19.2. The van der Waals surface area contributed by atoms with E-state index in [2.05, 4.69) is 36.9 Å². The molecule has 3 atom stereocenters. The first kappa shape index (κ1) is 57.5. The summed E-state index contributed by atoms with van der Waals surface area (Å²) in [6.45, 7) is 9.51. The topological polar surface area (TPSA) is 278 Å². The van der Waals surface area contributed by atoms with Crippen LogP contribution >= 0.6 is 0 Å². The SMILES string of the molecule is CNCCNC(=O)c1ccc(F)nc1.N#CC1CCCN1C(=O)CNC(=O)c1ccnc2ccc(OCCCN3CC4CN(C(=O)CN5CCN(CC(=O)O)CCN(CC=O)CCN(CC(=O)O)CC5)CC4C3)cc12. The van der Waals surface area contributed by atoms with Gasteiger partial charge in [0.1, 0.15) is 18.1 Å². The summed E-state index contributed by atoms with van der Waals surface area (Å²) in [6.07, 6.45) is 5.76. The largest absolute Gasteiger partial charge is 0.494 e. The van der Waals surface area contributed by atoms with Crippen molar-refractivity contribution in [2.75, 3.05) is 151 Å². The highest BCUT2D eigenvalue weighted by Crippen LogP contribution is 2.31. The molecule has 0 bridgehead atoms. The highest BCUT2D eigenvalue weighted by Gasteiger charge is 2.41. The molecule has 3 unspecified atom stereocenters. The van der Waals surface area contributed by atoms with Crippen LogP contribution in [0.1, 0.15) is 40.0 Å². The number of carbonyl (C=O) groups excluding carboxylic acids is 5. The average Bonchev–Trinajstić information content (AvgIpc) is 4.14. The normalized spacial score (nSPS) is 20.2. The number of aldehydes is 1. The number of hydrogen-bond acceptors (Lipinski definition) is 17. The zero-order valence-corrected chi connectivity index (χ0v) is 42.6. The van der Waals surface area contributed by atoms with Crippen LogP contribution in [0.15, 0.2) is 48.8 Å². The van der Waals surface area contributed by atoms with E-state index in [0.29, 0.717) is 138 Å². The van der Waals surface area contributed by atoms with Crippen molar-refractivity contribution in [1.82, 2.24) is 60.2 Å². The fourth-order valence-corrected chi connectivity index (χ4v) is 9.85. The maximum Gasteiger partial charge on any atom is 0.317 e. The zero-order chi connectivity index (χ0) is 53.7. The summed E-state index contributed by atoms with van der Waals surface area (Å²) in [5.41, 5.74) is 1.37. The minimum Gasteiger partial charge on any atom is -0.494 e. The monoisotopic (exact) mass is 1040 g/mol. The quantitative estimate of drug-likeness (QED) is 0.0537. The van der Waals surface area contributed by atoms with E-state index in [1.165, 1.54) is 17.2 Å². The maximum atomic E-state index is 13.7. The number of ether oxygens (including phenoxy) is 1. The first-order valence-corrected chi connectivity index (χ1v) is 25.5. The molecule has 2 aromatic heterocycles. The number of amides is 4. The number of nitriles is 1. The van der Waals surface area contributed by atoms with Gasteiger partial charge in [-0.2, -0.15) is 9.65 Å². The van der Waals surface area contributed by atoms with Crippen LogP contribution in [0.5, 0.6) is 5.75 Å². The van der Waals surface area contributed by atoms with Gasteiger partial charge in [-0.1, -0.05) is 0 Å². The molecule has 0 spiro atoms. The molecule has 4 fully saturated rings. The Morgan fingerprint density at radius 2 is 1.43 bits per heavy atom. The molecule has 4 aliphatic rings. The molecule has 6 heterocycles.